The Kier molecular flexibility index (Phi) is 3.88. The van der Waals surface area contributed by atoms with Gasteiger partial charge in [-0.15, -0.1) is 0 Å². The SMILES string of the molecule is CC1CN(CC#N)C(C)N(CC#N)C1. The van der Waals surface area contributed by atoms with Crippen LogP contribution < -0.4 is 0 Å². The number of rotatable bonds is 2. The lowest BCUT2D eigenvalue weighted by molar-refractivity contribution is 0.00755. The van der Waals surface area contributed by atoms with E-state index in [2.05, 4.69) is 35.8 Å². The van der Waals surface area contributed by atoms with Gasteiger partial charge in [-0.05, 0) is 12.8 Å². The van der Waals surface area contributed by atoms with Crippen LogP contribution in [0.5, 0.6) is 0 Å². The van der Waals surface area contributed by atoms with Gasteiger partial charge in [0.1, 0.15) is 0 Å². The average Bonchev–Trinajstić information content (AvgIpc) is 2.14. The molecule has 4 heteroatoms. The maximum Gasteiger partial charge on any atom is 0.0878 e. The van der Waals surface area contributed by atoms with Crippen molar-refractivity contribution in [2.45, 2.75) is 20.0 Å². The van der Waals surface area contributed by atoms with Crippen LogP contribution in [0.25, 0.3) is 0 Å². The minimum Gasteiger partial charge on any atom is -0.275 e. The molecular formula is C10H16N4. The highest BCUT2D eigenvalue weighted by Crippen LogP contribution is 2.16. The first-order valence-electron chi connectivity index (χ1n) is 4.91. The average molecular weight is 192 g/mol. The molecule has 1 aliphatic rings. The van der Waals surface area contributed by atoms with Crippen molar-refractivity contribution in [3.63, 3.8) is 0 Å². The third-order valence-electron chi connectivity index (χ3n) is 2.70. The van der Waals surface area contributed by atoms with E-state index < -0.39 is 0 Å². The van der Waals surface area contributed by atoms with Crippen molar-refractivity contribution >= 4 is 0 Å². The Hall–Kier alpha value is -1.10. The number of nitrogens with zero attached hydrogens (tertiary/aromatic N) is 4. The Morgan fingerprint density at radius 2 is 1.50 bits per heavy atom. The van der Waals surface area contributed by atoms with E-state index in [4.69, 9.17) is 10.5 Å². The van der Waals surface area contributed by atoms with E-state index in [9.17, 15) is 0 Å². The first kappa shape index (κ1) is 11.0. The van der Waals surface area contributed by atoms with Crippen molar-refractivity contribution in [1.82, 2.24) is 9.80 Å². The molecule has 0 aromatic rings. The molecule has 1 saturated heterocycles. The van der Waals surface area contributed by atoms with Gasteiger partial charge < -0.3 is 0 Å². The Morgan fingerprint density at radius 1 is 1.07 bits per heavy atom. The van der Waals surface area contributed by atoms with E-state index in [-0.39, 0.29) is 6.17 Å². The minimum atomic E-state index is 0.213. The van der Waals surface area contributed by atoms with E-state index in [1.54, 1.807) is 0 Å². The maximum absolute atomic E-state index is 8.66. The second kappa shape index (κ2) is 4.95. The summed E-state index contributed by atoms with van der Waals surface area (Å²) in [5.74, 6) is 0.535. The van der Waals surface area contributed by atoms with E-state index in [1.807, 2.05) is 0 Å². The molecule has 0 radical (unpaired) electrons. The monoisotopic (exact) mass is 192 g/mol. The summed E-state index contributed by atoms with van der Waals surface area (Å²) in [4.78, 5) is 4.23. The summed E-state index contributed by atoms with van der Waals surface area (Å²) in [5.41, 5.74) is 0. The molecule has 4 nitrogen and oxygen atoms in total. The Balaban J connectivity index is 2.62. The lowest BCUT2D eigenvalue weighted by Gasteiger charge is -2.42. The van der Waals surface area contributed by atoms with Crippen LogP contribution in [0.1, 0.15) is 13.8 Å². The fourth-order valence-corrected chi connectivity index (χ4v) is 1.97. The van der Waals surface area contributed by atoms with Crippen LogP contribution in [-0.4, -0.2) is 42.1 Å². The zero-order chi connectivity index (χ0) is 10.6. The molecule has 0 bridgehead atoms. The molecule has 0 aromatic heterocycles. The van der Waals surface area contributed by atoms with Crippen LogP contribution in [0.15, 0.2) is 0 Å². The van der Waals surface area contributed by atoms with Crippen molar-refractivity contribution < 1.29 is 0 Å². The first-order valence-corrected chi connectivity index (χ1v) is 4.91. The summed E-state index contributed by atoms with van der Waals surface area (Å²) in [6.07, 6.45) is 0.213. The molecule has 0 atom stereocenters. The molecule has 0 aromatic carbocycles. The highest BCUT2D eigenvalue weighted by molar-refractivity contribution is 4.89. The predicted octanol–water partition coefficient (Wildman–Crippen LogP) is 0.633. The fourth-order valence-electron chi connectivity index (χ4n) is 1.97. The van der Waals surface area contributed by atoms with Gasteiger partial charge in [0.25, 0.3) is 0 Å². The standard InChI is InChI=1S/C10H16N4/c1-9-7-13(5-3-11)10(2)14(8-9)6-4-12/h9-10H,5-8H2,1-2H3. The number of hydrogen-bond acceptors (Lipinski definition) is 4. The third-order valence-corrected chi connectivity index (χ3v) is 2.70. The zero-order valence-corrected chi connectivity index (χ0v) is 8.77. The molecule has 1 fully saturated rings. The normalized spacial score (nSPS) is 29.4. The largest absolute Gasteiger partial charge is 0.275 e. The molecule has 1 heterocycles. The van der Waals surface area contributed by atoms with E-state index in [0.717, 1.165) is 13.1 Å². The van der Waals surface area contributed by atoms with Gasteiger partial charge in [-0.25, -0.2) is 0 Å². The summed E-state index contributed by atoms with van der Waals surface area (Å²) in [5, 5.41) is 17.3. The van der Waals surface area contributed by atoms with Gasteiger partial charge in [0.05, 0.1) is 31.4 Å². The van der Waals surface area contributed by atoms with Crippen LogP contribution in [-0.2, 0) is 0 Å². The highest BCUT2D eigenvalue weighted by Gasteiger charge is 2.28. The molecule has 0 aliphatic carbocycles. The smallest absolute Gasteiger partial charge is 0.0878 e. The minimum absolute atomic E-state index is 0.213. The van der Waals surface area contributed by atoms with Gasteiger partial charge in [-0.3, -0.25) is 9.80 Å². The Morgan fingerprint density at radius 3 is 1.86 bits per heavy atom. The van der Waals surface area contributed by atoms with Gasteiger partial charge in [0.2, 0.25) is 0 Å². The highest BCUT2D eigenvalue weighted by atomic mass is 15.4. The topological polar surface area (TPSA) is 54.1 Å². The van der Waals surface area contributed by atoms with Crippen molar-refractivity contribution in [3.05, 3.63) is 0 Å². The second-order valence-corrected chi connectivity index (χ2v) is 3.91. The Bertz CT molecular complexity index is 236. The predicted molar refractivity (Wildman–Crippen MR) is 53.0 cm³/mol. The van der Waals surface area contributed by atoms with Crippen molar-refractivity contribution in [2.75, 3.05) is 26.2 Å². The van der Waals surface area contributed by atoms with Crippen molar-refractivity contribution in [3.8, 4) is 12.1 Å². The molecular weight excluding hydrogens is 176 g/mol. The summed E-state index contributed by atoms with van der Waals surface area (Å²) < 4.78 is 0. The molecule has 76 valence electrons. The van der Waals surface area contributed by atoms with E-state index >= 15 is 0 Å². The molecule has 0 unspecified atom stereocenters. The molecule has 14 heavy (non-hydrogen) atoms. The lowest BCUT2D eigenvalue weighted by atomic mass is 10.1. The van der Waals surface area contributed by atoms with Gasteiger partial charge in [-0.1, -0.05) is 6.92 Å². The van der Waals surface area contributed by atoms with Crippen LogP contribution in [0.3, 0.4) is 0 Å². The van der Waals surface area contributed by atoms with E-state index in [0.29, 0.717) is 19.0 Å². The van der Waals surface area contributed by atoms with Crippen LogP contribution in [0.2, 0.25) is 0 Å². The summed E-state index contributed by atoms with van der Waals surface area (Å²) in [6.45, 7) is 7.02. The molecule has 0 saturated carbocycles. The summed E-state index contributed by atoms with van der Waals surface area (Å²) >= 11 is 0. The van der Waals surface area contributed by atoms with E-state index in [1.165, 1.54) is 0 Å². The number of hydrogen-bond donors (Lipinski definition) is 0. The molecule has 0 spiro atoms. The zero-order valence-electron chi connectivity index (χ0n) is 8.77. The van der Waals surface area contributed by atoms with Gasteiger partial charge in [0.15, 0.2) is 0 Å². The molecule has 1 rings (SSSR count). The number of nitriles is 2. The fraction of sp³-hybridized carbons (Fsp3) is 0.800. The molecule has 0 N–H and O–H groups in total. The third kappa shape index (κ3) is 2.45. The quantitative estimate of drug-likeness (QED) is 0.602. The Labute approximate surface area is 85.3 Å². The van der Waals surface area contributed by atoms with Gasteiger partial charge in [-0.2, -0.15) is 10.5 Å². The van der Waals surface area contributed by atoms with Crippen molar-refractivity contribution in [1.29, 1.82) is 10.5 Å². The maximum atomic E-state index is 8.66. The molecule has 0 amide bonds. The van der Waals surface area contributed by atoms with Crippen LogP contribution in [0.4, 0.5) is 0 Å². The van der Waals surface area contributed by atoms with Crippen LogP contribution >= 0.6 is 0 Å². The summed E-state index contributed by atoms with van der Waals surface area (Å²) in [7, 11) is 0. The second-order valence-electron chi connectivity index (χ2n) is 3.91. The first-order chi connectivity index (χ1) is 6.69. The van der Waals surface area contributed by atoms with Crippen LogP contribution in [0, 0.1) is 28.6 Å². The van der Waals surface area contributed by atoms with Gasteiger partial charge in [0, 0.05) is 13.1 Å². The lowest BCUT2D eigenvalue weighted by Crippen LogP contribution is -2.55. The van der Waals surface area contributed by atoms with Gasteiger partial charge >= 0.3 is 0 Å². The summed E-state index contributed by atoms with van der Waals surface area (Å²) in [6, 6.07) is 4.33. The molecule has 1 aliphatic heterocycles. The van der Waals surface area contributed by atoms with Crippen molar-refractivity contribution in [2.24, 2.45) is 5.92 Å².